The van der Waals surface area contributed by atoms with Crippen LogP contribution < -0.4 is 0 Å². The summed E-state index contributed by atoms with van der Waals surface area (Å²) in [6, 6.07) is 3.95. The summed E-state index contributed by atoms with van der Waals surface area (Å²) in [5.74, 6) is 0. The van der Waals surface area contributed by atoms with Crippen LogP contribution in [-0.2, 0) is 0 Å². The predicted octanol–water partition coefficient (Wildman–Crippen LogP) is 2.58. The molecule has 2 heteroatoms. The van der Waals surface area contributed by atoms with E-state index < -0.39 is 0 Å². The van der Waals surface area contributed by atoms with Crippen LogP contribution in [0, 0.1) is 0 Å². The number of aliphatic hydroxyl groups excluding tert-OH is 1. The van der Waals surface area contributed by atoms with Gasteiger partial charge in [0.05, 0.1) is 6.10 Å². The molecule has 0 saturated carbocycles. The number of aliphatic hydroxyl groups is 1. The molecular weight excluding hydrogens is 144 g/mol. The summed E-state index contributed by atoms with van der Waals surface area (Å²) < 4.78 is 0. The van der Waals surface area contributed by atoms with Gasteiger partial charge < -0.3 is 5.11 Å². The van der Waals surface area contributed by atoms with Gasteiger partial charge in [0.25, 0.3) is 0 Å². The minimum atomic E-state index is -0.231. The largest absolute Gasteiger partial charge is 0.388 e. The Kier molecular flexibility index (Phi) is 2.90. The second-order valence-corrected chi connectivity index (χ2v) is 3.30. The van der Waals surface area contributed by atoms with Crippen LogP contribution in [0.4, 0.5) is 0 Å². The molecule has 0 aromatic carbocycles. The van der Waals surface area contributed by atoms with E-state index in [4.69, 9.17) is 0 Å². The van der Waals surface area contributed by atoms with Crippen molar-refractivity contribution in [1.82, 2.24) is 0 Å². The smallest absolute Gasteiger partial charge is 0.0881 e. The van der Waals surface area contributed by atoms with Crippen molar-refractivity contribution in [1.29, 1.82) is 0 Å². The Hall–Kier alpha value is -0.340. The van der Waals surface area contributed by atoms with Gasteiger partial charge in [0.15, 0.2) is 0 Å². The maximum Gasteiger partial charge on any atom is 0.0881 e. The van der Waals surface area contributed by atoms with Crippen LogP contribution in [0.3, 0.4) is 0 Å². The molecule has 0 bridgehead atoms. The standard InChI is InChI=1S/C8H12OS/c1-2-4-7(9)8-5-3-6-10-8/h3,5-7,9H,2,4H2,1H3/t7-/m0/s1. The fourth-order valence-electron chi connectivity index (χ4n) is 0.897. The van der Waals surface area contributed by atoms with Crippen molar-refractivity contribution >= 4 is 11.3 Å². The van der Waals surface area contributed by atoms with Crippen LogP contribution in [0.25, 0.3) is 0 Å². The Bertz CT molecular complexity index is 169. The Morgan fingerprint density at radius 2 is 2.50 bits per heavy atom. The molecule has 0 aliphatic heterocycles. The van der Waals surface area contributed by atoms with E-state index in [1.54, 1.807) is 11.3 Å². The third-order valence-electron chi connectivity index (χ3n) is 1.43. The van der Waals surface area contributed by atoms with E-state index >= 15 is 0 Å². The summed E-state index contributed by atoms with van der Waals surface area (Å²) in [4.78, 5) is 1.09. The summed E-state index contributed by atoms with van der Waals surface area (Å²) in [5, 5.41) is 11.4. The zero-order valence-electron chi connectivity index (χ0n) is 6.08. The molecule has 1 aromatic heterocycles. The molecule has 1 atom stereocenters. The summed E-state index contributed by atoms with van der Waals surface area (Å²) >= 11 is 1.62. The van der Waals surface area contributed by atoms with Crippen molar-refractivity contribution in [3.63, 3.8) is 0 Å². The monoisotopic (exact) mass is 156 g/mol. The lowest BCUT2D eigenvalue weighted by Crippen LogP contribution is -1.91. The molecule has 0 spiro atoms. The molecule has 0 saturated heterocycles. The Morgan fingerprint density at radius 1 is 1.70 bits per heavy atom. The highest BCUT2D eigenvalue weighted by atomic mass is 32.1. The van der Waals surface area contributed by atoms with Gasteiger partial charge in [-0.3, -0.25) is 0 Å². The maximum atomic E-state index is 9.42. The van der Waals surface area contributed by atoms with Gasteiger partial charge in [-0.15, -0.1) is 11.3 Å². The van der Waals surface area contributed by atoms with Gasteiger partial charge in [0, 0.05) is 4.88 Å². The van der Waals surface area contributed by atoms with Gasteiger partial charge in [0.2, 0.25) is 0 Å². The number of thiophene rings is 1. The molecule has 1 heterocycles. The molecule has 0 aliphatic carbocycles. The fraction of sp³-hybridized carbons (Fsp3) is 0.500. The Balaban J connectivity index is 2.50. The molecule has 56 valence electrons. The van der Waals surface area contributed by atoms with E-state index in [0.29, 0.717) is 0 Å². The highest BCUT2D eigenvalue weighted by Crippen LogP contribution is 2.22. The van der Waals surface area contributed by atoms with Crippen LogP contribution in [0.5, 0.6) is 0 Å². The van der Waals surface area contributed by atoms with Crippen molar-refractivity contribution in [2.75, 3.05) is 0 Å². The predicted molar refractivity (Wildman–Crippen MR) is 44.2 cm³/mol. The minimum Gasteiger partial charge on any atom is -0.388 e. The van der Waals surface area contributed by atoms with Crippen molar-refractivity contribution in [3.05, 3.63) is 22.4 Å². The van der Waals surface area contributed by atoms with Crippen LogP contribution in [0.2, 0.25) is 0 Å². The van der Waals surface area contributed by atoms with E-state index in [1.807, 2.05) is 17.5 Å². The van der Waals surface area contributed by atoms with E-state index in [9.17, 15) is 5.11 Å². The van der Waals surface area contributed by atoms with Gasteiger partial charge in [-0.05, 0) is 17.9 Å². The van der Waals surface area contributed by atoms with Crippen LogP contribution in [0.15, 0.2) is 17.5 Å². The average Bonchev–Trinajstić information content (AvgIpc) is 2.38. The molecule has 10 heavy (non-hydrogen) atoms. The van der Waals surface area contributed by atoms with Gasteiger partial charge in [-0.2, -0.15) is 0 Å². The molecule has 0 unspecified atom stereocenters. The molecular formula is C8H12OS. The molecule has 1 aromatic rings. The second kappa shape index (κ2) is 3.74. The van der Waals surface area contributed by atoms with Gasteiger partial charge in [-0.1, -0.05) is 19.4 Å². The molecule has 0 aliphatic rings. The fourth-order valence-corrected chi connectivity index (χ4v) is 1.64. The van der Waals surface area contributed by atoms with E-state index in [1.165, 1.54) is 0 Å². The molecule has 0 fully saturated rings. The van der Waals surface area contributed by atoms with Crippen molar-refractivity contribution in [2.24, 2.45) is 0 Å². The normalized spacial score (nSPS) is 13.4. The topological polar surface area (TPSA) is 20.2 Å². The minimum absolute atomic E-state index is 0.231. The molecule has 1 rings (SSSR count). The molecule has 1 nitrogen and oxygen atoms in total. The first kappa shape index (κ1) is 7.76. The summed E-state index contributed by atoms with van der Waals surface area (Å²) in [7, 11) is 0. The quantitative estimate of drug-likeness (QED) is 0.713. The van der Waals surface area contributed by atoms with Crippen molar-refractivity contribution in [3.8, 4) is 0 Å². The average molecular weight is 156 g/mol. The van der Waals surface area contributed by atoms with Crippen LogP contribution in [-0.4, -0.2) is 5.11 Å². The first-order valence-corrected chi connectivity index (χ1v) is 4.44. The van der Waals surface area contributed by atoms with E-state index in [-0.39, 0.29) is 6.10 Å². The van der Waals surface area contributed by atoms with Gasteiger partial charge >= 0.3 is 0 Å². The molecule has 0 radical (unpaired) electrons. The first-order valence-electron chi connectivity index (χ1n) is 3.56. The SMILES string of the molecule is CCC[C@H](O)c1cccs1. The Labute approximate surface area is 65.3 Å². The van der Waals surface area contributed by atoms with E-state index in [2.05, 4.69) is 6.92 Å². The number of rotatable bonds is 3. The first-order chi connectivity index (χ1) is 4.84. The van der Waals surface area contributed by atoms with E-state index in [0.717, 1.165) is 17.7 Å². The summed E-state index contributed by atoms with van der Waals surface area (Å²) in [6.45, 7) is 2.08. The maximum absolute atomic E-state index is 9.42. The van der Waals surface area contributed by atoms with Crippen molar-refractivity contribution < 1.29 is 5.11 Å². The number of hydrogen-bond donors (Lipinski definition) is 1. The van der Waals surface area contributed by atoms with Gasteiger partial charge in [0.1, 0.15) is 0 Å². The summed E-state index contributed by atoms with van der Waals surface area (Å²) in [5.41, 5.74) is 0. The molecule has 1 N–H and O–H groups in total. The van der Waals surface area contributed by atoms with Crippen molar-refractivity contribution in [2.45, 2.75) is 25.9 Å². The zero-order chi connectivity index (χ0) is 7.40. The van der Waals surface area contributed by atoms with Crippen LogP contribution >= 0.6 is 11.3 Å². The lowest BCUT2D eigenvalue weighted by atomic mass is 10.2. The highest BCUT2D eigenvalue weighted by molar-refractivity contribution is 7.10. The van der Waals surface area contributed by atoms with Gasteiger partial charge in [-0.25, -0.2) is 0 Å². The lowest BCUT2D eigenvalue weighted by Gasteiger charge is -2.04. The Morgan fingerprint density at radius 3 is 3.00 bits per heavy atom. The molecule has 0 amide bonds. The summed E-state index contributed by atoms with van der Waals surface area (Å²) in [6.07, 6.45) is 1.68. The second-order valence-electron chi connectivity index (χ2n) is 2.32. The highest BCUT2D eigenvalue weighted by Gasteiger charge is 2.05. The third kappa shape index (κ3) is 1.82. The number of hydrogen-bond acceptors (Lipinski definition) is 2. The zero-order valence-corrected chi connectivity index (χ0v) is 6.90. The lowest BCUT2D eigenvalue weighted by molar-refractivity contribution is 0.170. The van der Waals surface area contributed by atoms with Crippen LogP contribution in [0.1, 0.15) is 30.7 Å². The third-order valence-corrected chi connectivity index (χ3v) is 2.41.